The van der Waals surface area contributed by atoms with E-state index in [0.29, 0.717) is 16.9 Å². The van der Waals surface area contributed by atoms with Crippen molar-refractivity contribution >= 4 is 28.8 Å². The first kappa shape index (κ1) is 13.5. The average molecular weight is 290 g/mol. The van der Waals surface area contributed by atoms with Gasteiger partial charge in [0.05, 0.1) is 22.9 Å². The minimum absolute atomic E-state index is 0.300. The molecular weight excluding hydrogens is 272 g/mol. The normalized spacial score (nSPS) is 22.4. The number of imidazole rings is 1. The van der Waals surface area contributed by atoms with E-state index >= 15 is 0 Å². The van der Waals surface area contributed by atoms with Crippen LogP contribution in [-0.2, 0) is 0 Å². The van der Waals surface area contributed by atoms with E-state index in [1.807, 2.05) is 24.2 Å². The van der Waals surface area contributed by atoms with E-state index in [-0.39, 0.29) is 0 Å². The average Bonchev–Trinajstić information content (AvgIpc) is 3.04. The summed E-state index contributed by atoms with van der Waals surface area (Å²) in [5.41, 5.74) is 2.12. The van der Waals surface area contributed by atoms with Crippen molar-refractivity contribution in [3.05, 3.63) is 30.1 Å². The maximum Gasteiger partial charge on any atom is 0.335 e. The van der Waals surface area contributed by atoms with Crippen molar-refractivity contribution in [2.75, 3.05) is 5.75 Å². The predicted molar refractivity (Wildman–Crippen MR) is 81.5 cm³/mol. The Morgan fingerprint density at radius 2 is 2.35 bits per heavy atom. The van der Waals surface area contributed by atoms with Crippen LogP contribution in [0.15, 0.2) is 24.5 Å². The van der Waals surface area contributed by atoms with Crippen molar-refractivity contribution in [3.63, 3.8) is 0 Å². The summed E-state index contributed by atoms with van der Waals surface area (Å²) in [6.45, 7) is 2.20. The number of carboxylic acid groups (broad SMARTS) is 1. The summed E-state index contributed by atoms with van der Waals surface area (Å²) in [5, 5.41) is 9.69. The van der Waals surface area contributed by atoms with Gasteiger partial charge in [-0.25, -0.2) is 9.78 Å². The molecule has 106 valence electrons. The van der Waals surface area contributed by atoms with E-state index in [1.165, 1.54) is 19.3 Å². The molecule has 1 aromatic carbocycles. The van der Waals surface area contributed by atoms with E-state index in [1.54, 1.807) is 12.1 Å². The number of carboxylic acids is 1. The van der Waals surface area contributed by atoms with Crippen LogP contribution in [0.2, 0.25) is 0 Å². The Balaban J connectivity index is 1.98. The molecule has 0 aliphatic heterocycles. The lowest BCUT2D eigenvalue weighted by molar-refractivity contribution is 0.0697. The summed E-state index contributed by atoms with van der Waals surface area (Å²) in [6.07, 6.45) is 5.57. The van der Waals surface area contributed by atoms with Crippen LogP contribution in [-0.4, -0.2) is 31.6 Å². The van der Waals surface area contributed by atoms with Crippen molar-refractivity contribution < 1.29 is 9.90 Å². The Labute approximate surface area is 122 Å². The molecule has 2 unspecified atom stereocenters. The quantitative estimate of drug-likeness (QED) is 0.935. The number of hydrogen-bond acceptors (Lipinski definition) is 3. The summed E-state index contributed by atoms with van der Waals surface area (Å²) in [7, 11) is 0. The van der Waals surface area contributed by atoms with Gasteiger partial charge in [0.25, 0.3) is 0 Å². The third kappa shape index (κ3) is 2.30. The number of rotatable bonds is 4. The number of nitrogens with zero attached hydrogens (tertiary/aromatic N) is 2. The maximum atomic E-state index is 11.0. The van der Waals surface area contributed by atoms with Crippen LogP contribution >= 0.6 is 11.8 Å². The van der Waals surface area contributed by atoms with Crippen molar-refractivity contribution in [2.45, 2.75) is 37.5 Å². The van der Waals surface area contributed by atoms with Crippen molar-refractivity contribution in [2.24, 2.45) is 0 Å². The van der Waals surface area contributed by atoms with Crippen molar-refractivity contribution in [1.82, 2.24) is 9.55 Å². The lowest BCUT2D eigenvalue weighted by Gasteiger charge is -2.20. The van der Waals surface area contributed by atoms with Gasteiger partial charge < -0.3 is 9.67 Å². The largest absolute Gasteiger partial charge is 0.478 e. The Kier molecular flexibility index (Phi) is 3.70. The first-order chi connectivity index (χ1) is 9.70. The summed E-state index contributed by atoms with van der Waals surface area (Å²) in [4.78, 5) is 15.4. The zero-order chi connectivity index (χ0) is 14.1. The van der Waals surface area contributed by atoms with E-state index in [2.05, 4.69) is 16.5 Å². The molecule has 4 nitrogen and oxygen atoms in total. The second-order valence-corrected chi connectivity index (χ2v) is 6.67. The smallest absolute Gasteiger partial charge is 0.335 e. The highest BCUT2D eigenvalue weighted by Crippen LogP contribution is 2.39. The van der Waals surface area contributed by atoms with E-state index in [9.17, 15) is 4.79 Å². The molecule has 0 saturated heterocycles. The number of hydrogen-bond donors (Lipinski definition) is 1. The third-order valence-corrected chi connectivity index (χ3v) is 5.29. The standard InChI is InChI=1S/C15H18N2O2S/c1-2-20-14-5-3-4-13(14)17-9-16-11-8-10(15(18)19)6-7-12(11)17/h6-9,13-14H,2-5H2,1H3,(H,18,19). The first-order valence-electron chi connectivity index (χ1n) is 7.02. The van der Waals surface area contributed by atoms with Gasteiger partial charge in [0, 0.05) is 11.3 Å². The number of fused-ring (bicyclic) bond motifs is 1. The van der Waals surface area contributed by atoms with Crippen LogP contribution in [0.4, 0.5) is 0 Å². The van der Waals surface area contributed by atoms with Crippen LogP contribution in [0.5, 0.6) is 0 Å². The summed E-state index contributed by atoms with van der Waals surface area (Å²) >= 11 is 2.02. The van der Waals surface area contributed by atoms with Gasteiger partial charge in [-0.2, -0.15) is 11.8 Å². The molecule has 1 fully saturated rings. The Morgan fingerprint density at radius 3 is 3.10 bits per heavy atom. The highest BCUT2D eigenvalue weighted by molar-refractivity contribution is 7.99. The summed E-state index contributed by atoms with van der Waals surface area (Å²) in [6, 6.07) is 5.70. The molecule has 1 heterocycles. The Bertz CT molecular complexity index is 638. The molecule has 20 heavy (non-hydrogen) atoms. The molecule has 0 bridgehead atoms. The fourth-order valence-corrected chi connectivity index (χ4v) is 4.31. The summed E-state index contributed by atoms with van der Waals surface area (Å²) < 4.78 is 2.24. The SMILES string of the molecule is CCSC1CCCC1n1cnc2cc(C(=O)O)ccc21. The van der Waals surface area contributed by atoms with Crippen LogP contribution in [0.1, 0.15) is 42.6 Å². The van der Waals surface area contributed by atoms with Crippen LogP contribution in [0.25, 0.3) is 11.0 Å². The van der Waals surface area contributed by atoms with E-state index in [0.717, 1.165) is 16.8 Å². The number of thioether (sulfide) groups is 1. The van der Waals surface area contributed by atoms with Gasteiger partial charge in [-0.05, 0) is 36.8 Å². The highest BCUT2D eigenvalue weighted by atomic mass is 32.2. The van der Waals surface area contributed by atoms with E-state index in [4.69, 9.17) is 5.11 Å². The van der Waals surface area contributed by atoms with Crippen LogP contribution in [0, 0.1) is 0 Å². The lowest BCUT2D eigenvalue weighted by Crippen LogP contribution is -2.15. The Morgan fingerprint density at radius 1 is 1.50 bits per heavy atom. The molecule has 1 saturated carbocycles. The zero-order valence-electron chi connectivity index (χ0n) is 11.5. The molecule has 1 N–H and O–H groups in total. The topological polar surface area (TPSA) is 55.1 Å². The molecule has 3 rings (SSSR count). The number of benzene rings is 1. The second-order valence-electron chi connectivity index (χ2n) is 5.15. The van der Waals surface area contributed by atoms with Gasteiger partial charge in [-0.1, -0.05) is 13.3 Å². The first-order valence-corrected chi connectivity index (χ1v) is 8.07. The number of aromatic nitrogens is 2. The minimum atomic E-state index is -0.901. The number of aromatic carboxylic acids is 1. The van der Waals surface area contributed by atoms with Crippen LogP contribution < -0.4 is 0 Å². The summed E-state index contributed by atoms with van der Waals surface area (Å²) in [5.74, 6) is 0.235. The maximum absolute atomic E-state index is 11.0. The molecule has 2 atom stereocenters. The molecule has 0 spiro atoms. The fraction of sp³-hybridized carbons (Fsp3) is 0.467. The molecule has 2 aromatic rings. The molecule has 5 heteroatoms. The molecule has 0 amide bonds. The molecule has 1 aromatic heterocycles. The lowest BCUT2D eigenvalue weighted by atomic mass is 10.2. The molecule has 0 radical (unpaired) electrons. The number of carbonyl (C=O) groups is 1. The minimum Gasteiger partial charge on any atom is -0.478 e. The predicted octanol–water partition coefficient (Wildman–Crippen LogP) is 3.58. The van der Waals surface area contributed by atoms with Crippen LogP contribution in [0.3, 0.4) is 0 Å². The molecule has 1 aliphatic carbocycles. The highest BCUT2D eigenvalue weighted by Gasteiger charge is 2.29. The van der Waals surface area contributed by atoms with Gasteiger partial charge in [0.2, 0.25) is 0 Å². The zero-order valence-corrected chi connectivity index (χ0v) is 12.3. The van der Waals surface area contributed by atoms with Gasteiger partial charge in [-0.15, -0.1) is 0 Å². The van der Waals surface area contributed by atoms with Gasteiger partial charge in [0.15, 0.2) is 0 Å². The van der Waals surface area contributed by atoms with Crippen molar-refractivity contribution in [3.8, 4) is 0 Å². The molecular formula is C15H18N2O2S. The van der Waals surface area contributed by atoms with Gasteiger partial charge in [-0.3, -0.25) is 0 Å². The van der Waals surface area contributed by atoms with Gasteiger partial charge >= 0.3 is 5.97 Å². The van der Waals surface area contributed by atoms with Crippen molar-refractivity contribution in [1.29, 1.82) is 0 Å². The Hall–Kier alpha value is -1.49. The monoisotopic (exact) mass is 290 g/mol. The van der Waals surface area contributed by atoms with E-state index < -0.39 is 5.97 Å². The fourth-order valence-electron chi connectivity index (χ4n) is 3.06. The third-order valence-electron chi connectivity index (χ3n) is 3.98. The van der Waals surface area contributed by atoms with Gasteiger partial charge in [0.1, 0.15) is 0 Å². The second kappa shape index (κ2) is 5.48. The molecule has 1 aliphatic rings.